The minimum Gasteiger partial charge on any atom is -0.0654 e. The van der Waals surface area contributed by atoms with E-state index in [1.807, 2.05) is 0 Å². The third-order valence-corrected chi connectivity index (χ3v) is 0.500. The van der Waals surface area contributed by atoms with Gasteiger partial charge in [0.05, 0.1) is 0 Å². The first-order valence-electron chi connectivity index (χ1n) is 1.91. The average Bonchev–Trinajstić information content (AvgIpc) is 1.37. The molecule has 0 rings (SSSR count). The Kier molecular flexibility index (Phi) is 43.5. The van der Waals surface area contributed by atoms with Crippen molar-refractivity contribution >= 4 is 0 Å². The van der Waals surface area contributed by atoms with E-state index in [0.29, 0.717) is 0 Å². The van der Waals surface area contributed by atoms with Crippen LogP contribution in [0.3, 0.4) is 0 Å². The van der Waals surface area contributed by atoms with Crippen molar-refractivity contribution in [3.8, 4) is 0 Å². The van der Waals surface area contributed by atoms with Crippen LogP contribution in [0.5, 0.6) is 0 Å². The second-order valence-electron chi connectivity index (χ2n) is 1.000. The van der Waals surface area contributed by atoms with Gasteiger partial charge in [0.1, 0.15) is 0 Å². The third-order valence-electron chi connectivity index (χ3n) is 0.500. The minimum atomic E-state index is 0. The van der Waals surface area contributed by atoms with Crippen molar-refractivity contribution < 1.29 is 34.1 Å². The zero-order chi connectivity index (χ0) is 3.41. The Morgan fingerprint density at radius 1 is 0.833 bits per heavy atom. The van der Waals surface area contributed by atoms with Crippen molar-refractivity contribution in [2.45, 2.75) is 26.7 Å². The average molecular weight is 170 g/mol. The SMILES string of the molecule is CCCC.[Fe].[Fe]. The van der Waals surface area contributed by atoms with E-state index in [0.717, 1.165) is 0 Å². The second-order valence-corrected chi connectivity index (χ2v) is 1.000. The molecule has 0 fully saturated rings. The Balaban J connectivity index is -0.0000000450. The first-order valence-corrected chi connectivity index (χ1v) is 1.91. The first kappa shape index (κ1) is 15.7. The molecule has 0 saturated heterocycles. The van der Waals surface area contributed by atoms with Crippen LogP contribution in [0.4, 0.5) is 0 Å². The summed E-state index contributed by atoms with van der Waals surface area (Å²) < 4.78 is 0. The fourth-order valence-corrected chi connectivity index (χ4v) is 0. The molecule has 0 aromatic carbocycles. The maximum absolute atomic E-state index is 2.18. The molecule has 42 valence electrons. The van der Waals surface area contributed by atoms with Crippen molar-refractivity contribution in [3.05, 3.63) is 0 Å². The van der Waals surface area contributed by atoms with Crippen molar-refractivity contribution in [1.29, 1.82) is 0 Å². The third kappa shape index (κ3) is 19.8. The Labute approximate surface area is 61.0 Å². The maximum Gasteiger partial charge on any atom is 0 e. The molecule has 0 nitrogen and oxygen atoms in total. The molecule has 6 heavy (non-hydrogen) atoms. The summed E-state index contributed by atoms with van der Waals surface area (Å²) >= 11 is 0. The number of hydrogen-bond donors (Lipinski definition) is 0. The van der Waals surface area contributed by atoms with E-state index in [1.165, 1.54) is 12.8 Å². The van der Waals surface area contributed by atoms with E-state index in [1.54, 1.807) is 0 Å². The molecule has 0 aliphatic rings. The van der Waals surface area contributed by atoms with Crippen LogP contribution in [0, 0.1) is 0 Å². The van der Waals surface area contributed by atoms with E-state index >= 15 is 0 Å². The number of hydrogen-bond acceptors (Lipinski definition) is 0. The standard InChI is InChI=1S/C4H10.2Fe/c1-3-4-2;;/h3-4H2,1-2H3;;. The molecule has 0 saturated carbocycles. The van der Waals surface area contributed by atoms with Crippen LogP contribution < -0.4 is 0 Å². The van der Waals surface area contributed by atoms with Gasteiger partial charge in [-0.1, -0.05) is 26.7 Å². The molecule has 0 spiro atoms. The van der Waals surface area contributed by atoms with E-state index in [9.17, 15) is 0 Å². The number of unbranched alkanes of at least 4 members (excludes halogenated alkanes) is 1. The van der Waals surface area contributed by atoms with Crippen LogP contribution in [-0.4, -0.2) is 0 Å². The predicted molar refractivity (Wildman–Crippen MR) is 20.6 cm³/mol. The molecule has 0 aliphatic carbocycles. The summed E-state index contributed by atoms with van der Waals surface area (Å²) in [7, 11) is 0. The molecule has 0 unspecified atom stereocenters. The summed E-state index contributed by atoms with van der Waals surface area (Å²) in [5.74, 6) is 0. The van der Waals surface area contributed by atoms with Gasteiger partial charge < -0.3 is 0 Å². The molecule has 0 aromatic rings. The molecular weight excluding hydrogens is 160 g/mol. The molecule has 0 bridgehead atoms. The van der Waals surface area contributed by atoms with Crippen LogP contribution in [0.2, 0.25) is 0 Å². The smallest absolute Gasteiger partial charge is 0 e. The van der Waals surface area contributed by atoms with Gasteiger partial charge in [-0.2, -0.15) is 0 Å². The summed E-state index contributed by atoms with van der Waals surface area (Å²) in [6.07, 6.45) is 2.64. The quantitative estimate of drug-likeness (QED) is 0.526. The summed E-state index contributed by atoms with van der Waals surface area (Å²) in [4.78, 5) is 0. The van der Waals surface area contributed by atoms with Gasteiger partial charge in [0, 0.05) is 34.1 Å². The van der Waals surface area contributed by atoms with Crippen molar-refractivity contribution in [2.24, 2.45) is 0 Å². The topological polar surface area (TPSA) is 0 Å². The summed E-state index contributed by atoms with van der Waals surface area (Å²) in [5.41, 5.74) is 0. The molecule has 0 atom stereocenters. The molecule has 0 aromatic heterocycles. The van der Waals surface area contributed by atoms with Gasteiger partial charge in [-0.15, -0.1) is 0 Å². The molecule has 2 heteroatoms. The normalized spacial score (nSPS) is 5.00. The van der Waals surface area contributed by atoms with Gasteiger partial charge in [0.25, 0.3) is 0 Å². The van der Waals surface area contributed by atoms with Crippen LogP contribution in [-0.2, 0) is 34.1 Å². The van der Waals surface area contributed by atoms with Gasteiger partial charge in [-0.05, 0) is 0 Å². The Morgan fingerprint density at radius 3 is 1.00 bits per heavy atom. The molecule has 0 N–H and O–H groups in total. The van der Waals surface area contributed by atoms with Gasteiger partial charge in [-0.25, -0.2) is 0 Å². The first-order chi connectivity index (χ1) is 1.91. The van der Waals surface area contributed by atoms with Crippen molar-refractivity contribution in [2.75, 3.05) is 0 Å². The largest absolute Gasteiger partial charge is 0.0654 e. The Bertz CT molecular complexity index is 7.51. The van der Waals surface area contributed by atoms with Gasteiger partial charge in [0.15, 0.2) is 0 Å². The van der Waals surface area contributed by atoms with E-state index < -0.39 is 0 Å². The van der Waals surface area contributed by atoms with Crippen LogP contribution in [0.1, 0.15) is 26.7 Å². The molecule has 0 amide bonds. The van der Waals surface area contributed by atoms with Crippen LogP contribution in [0.15, 0.2) is 0 Å². The molecular formula is C4H10Fe2. The Hall–Kier alpha value is 1.04. The van der Waals surface area contributed by atoms with Crippen LogP contribution in [0.25, 0.3) is 0 Å². The minimum absolute atomic E-state index is 0. The molecule has 0 radical (unpaired) electrons. The van der Waals surface area contributed by atoms with Crippen LogP contribution >= 0.6 is 0 Å². The summed E-state index contributed by atoms with van der Waals surface area (Å²) in [6, 6.07) is 0. The monoisotopic (exact) mass is 170 g/mol. The second kappa shape index (κ2) is 16.6. The Morgan fingerprint density at radius 2 is 1.00 bits per heavy atom. The van der Waals surface area contributed by atoms with Gasteiger partial charge >= 0.3 is 0 Å². The van der Waals surface area contributed by atoms with E-state index in [2.05, 4.69) is 13.8 Å². The van der Waals surface area contributed by atoms with E-state index in [-0.39, 0.29) is 34.1 Å². The zero-order valence-electron chi connectivity index (χ0n) is 4.12. The summed E-state index contributed by atoms with van der Waals surface area (Å²) in [6.45, 7) is 4.36. The van der Waals surface area contributed by atoms with Crippen molar-refractivity contribution in [1.82, 2.24) is 0 Å². The fraction of sp³-hybridized carbons (Fsp3) is 1.00. The zero-order valence-corrected chi connectivity index (χ0v) is 6.33. The van der Waals surface area contributed by atoms with Crippen molar-refractivity contribution in [3.63, 3.8) is 0 Å². The number of rotatable bonds is 1. The van der Waals surface area contributed by atoms with E-state index in [4.69, 9.17) is 0 Å². The molecule has 0 aliphatic heterocycles. The van der Waals surface area contributed by atoms with Gasteiger partial charge in [-0.3, -0.25) is 0 Å². The fourth-order valence-electron chi connectivity index (χ4n) is 0. The maximum atomic E-state index is 2.18. The van der Waals surface area contributed by atoms with Gasteiger partial charge in [0.2, 0.25) is 0 Å². The predicted octanol–water partition coefficient (Wildman–Crippen LogP) is 1.80. The molecule has 0 heterocycles. The summed E-state index contributed by atoms with van der Waals surface area (Å²) in [5, 5.41) is 0.